The van der Waals surface area contributed by atoms with E-state index in [1.807, 2.05) is 0 Å². The van der Waals surface area contributed by atoms with Crippen LogP contribution in [0.5, 0.6) is 0 Å². The number of carbonyl (C=O) groups is 2. The highest BCUT2D eigenvalue weighted by Gasteiger charge is 2.05. The highest BCUT2D eigenvalue weighted by Crippen LogP contribution is 2.25. The molecular weight excluding hydrogens is 186 g/mol. The highest BCUT2D eigenvalue weighted by atomic mass is 31.2. The summed E-state index contributed by atoms with van der Waals surface area (Å²) in [6, 6.07) is -2.32. The van der Waals surface area contributed by atoms with Crippen LogP contribution in [0, 0.1) is 0 Å². The van der Waals surface area contributed by atoms with Crippen LogP contribution in [0.15, 0.2) is 0 Å². The lowest BCUT2D eigenvalue weighted by molar-refractivity contribution is -0.154. The molecule has 0 radical (unpaired) electrons. The fraction of sp³-hybridized carbons (Fsp3) is 0. The number of hydrogen-bond acceptors (Lipinski definition) is 3. The van der Waals surface area contributed by atoms with Gasteiger partial charge in [0, 0.05) is 0 Å². The van der Waals surface area contributed by atoms with Gasteiger partial charge in [0.15, 0.2) is 0 Å². The molecule has 0 aliphatic carbocycles. The lowest BCUT2D eigenvalue weighted by Gasteiger charge is -1.82. The standard InChI is InChI=1S/C2HFO3.H3O4P/c3-1(4)2(5)6;1-5(2,3)4/h(H,5,6);(H3,1,2,3,4). The molecule has 0 aromatic heterocycles. The maximum atomic E-state index is 10.6. The Hall–Kier alpha value is -0.820. The van der Waals surface area contributed by atoms with E-state index in [0.717, 1.165) is 0 Å². The Balaban J connectivity index is 0. The molecule has 0 aromatic carbocycles. The van der Waals surface area contributed by atoms with Gasteiger partial charge in [-0.3, -0.25) is 0 Å². The van der Waals surface area contributed by atoms with Crippen LogP contribution in [-0.2, 0) is 14.2 Å². The summed E-state index contributed by atoms with van der Waals surface area (Å²) in [7, 11) is -4.64. The summed E-state index contributed by atoms with van der Waals surface area (Å²) in [4.78, 5) is 39.4. The Labute approximate surface area is 59.3 Å². The van der Waals surface area contributed by atoms with Crippen molar-refractivity contribution in [1.82, 2.24) is 0 Å². The third-order valence-corrected chi connectivity index (χ3v) is 0.168. The van der Waals surface area contributed by atoms with Gasteiger partial charge in [0.1, 0.15) is 0 Å². The molecule has 0 fully saturated rings. The minimum absolute atomic E-state index is 2.05. The van der Waals surface area contributed by atoms with Crippen molar-refractivity contribution < 1.29 is 38.3 Å². The topological polar surface area (TPSA) is 132 Å². The largest absolute Gasteiger partial charge is 0.473 e. The zero-order chi connectivity index (χ0) is 9.65. The second-order valence-electron chi connectivity index (χ2n) is 1.09. The van der Waals surface area contributed by atoms with Crippen LogP contribution < -0.4 is 0 Å². The van der Waals surface area contributed by atoms with Crippen molar-refractivity contribution >= 4 is 19.8 Å². The van der Waals surface area contributed by atoms with Crippen molar-refractivity contribution in [3.8, 4) is 0 Å². The van der Waals surface area contributed by atoms with Gasteiger partial charge in [-0.15, -0.1) is 0 Å². The summed E-state index contributed by atoms with van der Waals surface area (Å²) in [5.74, 6) is -2.05. The van der Waals surface area contributed by atoms with Crippen LogP contribution in [0.1, 0.15) is 0 Å². The molecule has 0 rings (SSSR count). The van der Waals surface area contributed by atoms with Gasteiger partial charge in [0.2, 0.25) is 0 Å². The predicted octanol–water partition coefficient (Wildman–Crippen LogP) is -1.36. The average Bonchev–Trinajstić information content (AvgIpc) is 1.59. The molecule has 0 saturated heterocycles. The van der Waals surface area contributed by atoms with Gasteiger partial charge in [-0.1, -0.05) is 0 Å². The lowest BCUT2D eigenvalue weighted by Crippen LogP contribution is -2.04. The molecule has 0 aliphatic heterocycles. The number of phosphoric acid groups is 1. The van der Waals surface area contributed by atoms with Crippen molar-refractivity contribution in [2.24, 2.45) is 0 Å². The van der Waals surface area contributed by atoms with Crippen LogP contribution in [0.2, 0.25) is 0 Å². The molecular formula is C2H4FO7P. The summed E-state index contributed by atoms with van der Waals surface area (Å²) >= 11 is 0. The highest BCUT2D eigenvalue weighted by molar-refractivity contribution is 7.45. The van der Waals surface area contributed by atoms with Crippen LogP contribution in [0.3, 0.4) is 0 Å². The predicted molar refractivity (Wildman–Crippen MR) is 28.0 cm³/mol. The summed E-state index contributed by atoms with van der Waals surface area (Å²) in [6.45, 7) is 0. The molecule has 0 unspecified atom stereocenters. The number of halogens is 1. The number of aliphatic carboxylic acids is 1. The first kappa shape index (κ1) is 12.8. The molecule has 66 valence electrons. The minimum atomic E-state index is -4.64. The molecule has 9 heteroatoms. The van der Waals surface area contributed by atoms with E-state index in [1.54, 1.807) is 0 Å². The lowest BCUT2D eigenvalue weighted by atomic mass is 10.8. The van der Waals surface area contributed by atoms with Crippen LogP contribution in [-0.4, -0.2) is 31.8 Å². The van der Waals surface area contributed by atoms with Gasteiger partial charge >= 0.3 is 19.8 Å². The van der Waals surface area contributed by atoms with Gasteiger partial charge < -0.3 is 19.8 Å². The molecule has 7 nitrogen and oxygen atoms in total. The van der Waals surface area contributed by atoms with Gasteiger partial charge in [-0.25, -0.2) is 14.2 Å². The zero-order valence-corrected chi connectivity index (χ0v) is 5.73. The summed E-state index contributed by atoms with van der Waals surface area (Å²) in [6.07, 6.45) is 0. The second-order valence-corrected chi connectivity index (χ2v) is 2.12. The van der Waals surface area contributed by atoms with E-state index in [9.17, 15) is 4.39 Å². The number of rotatable bonds is 1. The molecule has 0 spiro atoms. The van der Waals surface area contributed by atoms with E-state index in [1.165, 1.54) is 0 Å². The molecule has 0 heterocycles. The third kappa shape index (κ3) is 46.8. The van der Waals surface area contributed by atoms with E-state index in [-0.39, 0.29) is 0 Å². The van der Waals surface area contributed by atoms with Crippen LogP contribution in [0.25, 0.3) is 0 Å². The Bertz CT molecular complexity index is 172. The third-order valence-electron chi connectivity index (χ3n) is 0.168. The van der Waals surface area contributed by atoms with Crippen LogP contribution >= 0.6 is 7.82 Å². The summed E-state index contributed by atoms with van der Waals surface area (Å²) < 4.78 is 19.5. The first-order valence-electron chi connectivity index (χ1n) is 1.85. The Kier molecular flexibility index (Phi) is 5.73. The monoisotopic (exact) mass is 190 g/mol. The molecule has 0 atom stereocenters. The first-order chi connectivity index (χ1) is 4.64. The summed E-state index contributed by atoms with van der Waals surface area (Å²) in [5, 5.41) is 7.27. The fourth-order valence-electron chi connectivity index (χ4n) is 0. The van der Waals surface area contributed by atoms with E-state index in [0.29, 0.717) is 0 Å². The maximum absolute atomic E-state index is 10.6. The molecule has 0 aromatic rings. The van der Waals surface area contributed by atoms with Crippen molar-refractivity contribution in [3.63, 3.8) is 0 Å². The number of carboxylic acid groups (broad SMARTS) is 1. The number of hydrogen-bond donors (Lipinski definition) is 4. The van der Waals surface area contributed by atoms with Crippen molar-refractivity contribution in [2.45, 2.75) is 0 Å². The average molecular weight is 190 g/mol. The minimum Gasteiger partial charge on any atom is -0.473 e. The van der Waals surface area contributed by atoms with Crippen LogP contribution in [0.4, 0.5) is 4.39 Å². The zero-order valence-electron chi connectivity index (χ0n) is 4.84. The number of carbonyl (C=O) groups excluding carboxylic acids is 1. The van der Waals surface area contributed by atoms with Gasteiger partial charge in [-0.05, 0) is 0 Å². The first-order valence-corrected chi connectivity index (χ1v) is 3.42. The Morgan fingerprint density at radius 1 is 1.18 bits per heavy atom. The smallest absolute Gasteiger partial charge is 0.466 e. The normalized spacial score (nSPS) is 9.45. The Morgan fingerprint density at radius 2 is 1.27 bits per heavy atom. The van der Waals surface area contributed by atoms with E-state index in [4.69, 9.17) is 33.9 Å². The number of carboxylic acids is 1. The van der Waals surface area contributed by atoms with Gasteiger partial charge in [-0.2, -0.15) is 4.39 Å². The van der Waals surface area contributed by atoms with Crippen molar-refractivity contribution in [1.29, 1.82) is 0 Å². The van der Waals surface area contributed by atoms with Gasteiger partial charge in [0.25, 0.3) is 0 Å². The van der Waals surface area contributed by atoms with E-state index in [2.05, 4.69) is 0 Å². The summed E-state index contributed by atoms with van der Waals surface area (Å²) in [5.41, 5.74) is 0. The van der Waals surface area contributed by atoms with Crippen molar-refractivity contribution in [2.75, 3.05) is 0 Å². The molecule has 0 bridgehead atoms. The SMILES string of the molecule is O=C(O)C(=O)F.O=P(O)(O)O. The molecule has 11 heavy (non-hydrogen) atoms. The maximum Gasteiger partial charge on any atom is 0.466 e. The Morgan fingerprint density at radius 3 is 1.27 bits per heavy atom. The van der Waals surface area contributed by atoms with E-state index >= 15 is 0 Å². The molecule has 0 aliphatic rings. The van der Waals surface area contributed by atoms with E-state index < -0.39 is 19.8 Å². The quantitative estimate of drug-likeness (QED) is 0.228. The molecule has 0 amide bonds. The fourth-order valence-corrected chi connectivity index (χ4v) is 0. The molecule has 0 saturated carbocycles. The van der Waals surface area contributed by atoms with Gasteiger partial charge in [0.05, 0.1) is 0 Å². The second kappa shape index (κ2) is 4.91. The molecule has 4 N–H and O–H groups in total. The van der Waals surface area contributed by atoms with Crippen molar-refractivity contribution in [3.05, 3.63) is 0 Å².